The first-order valence-electron chi connectivity index (χ1n) is 10.9. The minimum Gasteiger partial charge on any atom is -0.434 e. The highest BCUT2D eigenvalue weighted by Gasteiger charge is 2.35. The van der Waals surface area contributed by atoms with Crippen LogP contribution in [0.25, 0.3) is 0 Å². The first-order valence-corrected chi connectivity index (χ1v) is 11.7. The Kier molecular flexibility index (Phi) is 6.93. The van der Waals surface area contributed by atoms with Gasteiger partial charge in [0.15, 0.2) is 11.6 Å². The molecule has 1 amide bonds. The molecule has 1 heterocycles. The van der Waals surface area contributed by atoms with Crippen LogP contribution in [0.5, 0.6) is 11.6 Å². The number of ether oxygens (including phenoxy) is 1. The highest BCUT2D eigenvalue weighted by Crippen LogP contribution is 2.34. The van der Waals surface area contributed by atoms with E-state index < -0.39 is 24.2 Å². The molecule has 178 valence electrons. The Morgan fingerprint density at radius 2 is 1.91 bits per heavy atom. The van der Waals surface area contributed by atoms with Crippen LogP contribution in [0.15, 0.2) is 40.9 Å². The normalized spacial score (nSPS) is 13.4. The molecule has 0 saturated heterocycles. The van der Waals surface area contributed by atoms with E-state index in [0.29, 0.717) is 29.7 Å². The van der Waals surface area contributed by atoms with Gasteiger partial charge in [0.25, 0.3) is 17.7 Å². The van der Waals surface area contributed by atoms with E-state index in [9.17, 15) is 18.0 Å². The van der Waals surface area contributed by atoms with Gasteiger partial charge in [0.1, 0.15) is 5.56 Å². The van der Waals surface area contributed by atoms with Crippen molar-refractivity contribution in [1.29, 1.82) is 0 Å². The van der Waals surface area contributed by atoms with Gasteiger partial charge in [0, 0.05) is 5.56 Å². The van der Waals surface area contributed by atoms with Crippen molar-refractivity contribution in [3.8, 4) is 11.6 Å². The molecule has 0 atom stereocenters. The molecular formula is C25H23BrF3N3O2. The third-order valence-electron chi connectivity index (χ3n) is 5.81. The number of aromatic nitrogens is 2. The van der Waals surface area contributed by atoms with Crippen molar-refractivity contribution in [1.82, 2.24) is 15.5 Å². The van der Waals surface area contributed by atoms with Gasteiger partial charge in [-0.25, -0.2) is 4.39 Å². The zero-order valence-electron chi connectivity index (χ0n) is 18.7. The van der Waals surface area contributed by atoms with Crippen molar-refractivity contribution < 1.29 is 22.7 Å². The Hall–Kier alpha value is -2.94. The maximum atomic E-state index is 15.0. The second-order valence-electron chi connectivity index (χ2n) is 8.37. The molecule has 0 bridgehead atoms. The second-order valence-corrected chi connectivity index (χ2v) is 9.23. The predicted octanol–water partition coefficient (Wildman–Crippen LogP) is 6.19. The molecule has 3 aromatic rings. The first-order chi connectivity index (χ1) is 16.2. The number of carbonyl (C=O) groups is 1. The summed E-state index contributed by atoms with van der Waals surface area (Å²) in [5.74, 6) is -5.09. The van der Waals surface area contributed by atoms with Crippen LogP contribution in [-0.2, 0) is 18.8 Å². The number of halogens is 4. The van der Waals surface area contributed by atoms with E-state index in [-0.39, 0.29) is 27.2 Å². The highest BCUT2D eigenvalue weighted by molar-refractivity contribution is 9.10. The molecule has 2 aromatic carbocycles. The number of hydrogen-bond donors (Lipinski definition) is 1. The van der Waals surface area contributed by atoms with E-state index in [1.54, 1.807) is 25.1 Å². The molecule has 1 aliphatic rings. The fourth-order valence-electron chi connectivity index (χ4n) is 4.13. The molecule has 1 aromatic heterocycles. The van der Waals surface area contributed by atoms with Gasteiger partial charge in [-0.05, 0) is 78.7 Å². The van der Waals surface area contributed by atoms with Crippen LogP contribution in [0, 0.1) is 19.7 Å². The van der Waals surface area contributed by atoms with Gasteiger partial charge in [-0.15, -0.1) is 5.10 Å². The number of carbonyl (C=O) groups excluding carboxylic acids is 1. The molecule has 1 N–H and O–H groups in total. The van der Waals surface area contributed by atoms with Crippen LogP contribution < -0.4 is 10.1 Å². The standard InChI is InChI=1S/C25H23BrF3N3O2/c1-14-10-11-17(15(2)12-14)25(28,29)13-30-23(33)21-16-6-3-4-8-19(16)31-32-24(21)34-20-9-5-7-18(26)22(20)27/h5,7,9-12H,3-4,6,8,13H2,1-2H3,(H,30,33). The summed E-state index contributed by atoms with van der Waals surface area (Å²) in [5.41, 5.74) is 2.40. The first kappa shape index (κ1) is 24.2. The number of nitrogens with one attached hydrogen (secondary N) is 1. The van der Waals surface area contributed by atoms with Gasteiger partial charge in [0.05, 0.1) is 16.7 Å². The van der Waals surface area contributed by atoms with E-state index in [4.69, 9.17) is 4.74 Å². The van der Waals surface area contributed by atoms with Crippen LogP contribution in [0.4, 0.5) is 13.2 Å². The van der Waals surface area contributed by atoms with E-state index in [1.807, 2.05) is 6.92 Å². The van der Waals surface area contributed by atoms with Gasteiger partial charge in [-0.2, -0.15) is 13.9 Å². The summed E-state index contributed by atoms with van der Waals surface area (Å²) in [6.07, 6.45) is 2.83. The van der Waals surface area contributed by atoms with Crippen LogP contribution in [0.2, 0.25) is 0 Å². The fourth-order valence-corrected chi connectivity index (χ4v) is 4.47. The molecule has 0 fully saturated rings. The predicted molar refractivity (Wildman–Crippen MR) is 125 cm³/mol. The molecule has 34 heavy (non-hydrogen) atoms. The number of amides is 1. The number of fused-ring (bicyclic) bond motifs is 1. The molecule has 0 saturated carbocycles. The van der Waals surface area contributed by atoms with Crippen LogP contribution in [0.1, 0.15) is 51.1 Å². The minimum absolute atomic E-state index is 0.0144. The summed E-state index contributed by atoms with van der Waals surface area (Å²) in [5, 5.41) is 10.5. The average Bonchev–Trinajstić information content (AvgIpc) is 2.80. The molecule has 0 spiro atoms. The maximum absolute atomic E-state index is 15.0. The average molecular weight is 534 g/mol. The molecule has 0 unspecified atom stereocenters. The summed E-state index contributed by atoms with van der Waals surface area (Å²) in [6, 6.07) is 9.11. The molecule has 4 rings (SSSR count). The topological polar surface area (TPSA) is 64.1 Å². The largest absolute Gasteiger partial charge is 0.434 e. The van der Waals surface area contributed by atoms with Crippen LogP contribution >= 0.6 is 15.9 Å². The number of aryl methyl sites for hydroxylation is 3. The molecule has 1 aliphatic carbocycles. The van der Waals surface area contributed by atoms with Gasteiger partial charge in [-0.3, -0.25) is 4.79 Å². The Bertz CT molecular complexity index is 1250. The lowest BCUT2D eigenvalue weighted by molar-refractivity contribution is -0.00312. The Morgan fingerprint density at radius 3 is 2.68 bits per heavy atom. The number of nitrogens with zero attached hydrogens (tertiary/aromatic N) is 2. The van der Waals surface area contributed by atoms with Gasteiger partial charge in [0.2, 0.25) is 0 Å². The Morgan fingerprint density at radius 1 is 1.15 bits per heavy atom. The lowest BCUT2D eigenvalue weighted by Gasteiger charge is -2.22. The summed E-state index contributed by atoms with van der Waals surface area (Å²) in [6.45, 7) is 2.53. The zero-order valence-corrected chi connectivity index (χ0v) is 20.3. The molecule has 0 aliphatic heterocycles. The van der Waals surface area contributed by atoms with Gasteiger partial charge in [-0.1, -0.05) is 29.8 Å². The Labute approximate surface area is 203 Å². The van der Waals surface area contributed by atoms with E-state index >= 15 is 0 Å². The third-order valence-corrected chi connectivity index (χ3v) is 6.43. The van der Waals surface area contributed by atoms with Crippen molar-refractivity contribution >= 4 is 21.8 Å². The molecule has 9 heteroatoms. The van der Waals surface area contributed by atoms with Crippen molar-refractivity contribution in [3.05, 3.63) is 80.2 Å². The monoisotopic (exact) mass is 533 g/mol. The van der Waals surface area contributed by atoms with Crippen molar-refractivity contribution in [2.45, 2.75) is 45.5 Å². The van der Waals surface area contributed by atoms with E-state index in [2.05, 4.69) is 31.4 Å². The number of alkyl halides is 2. The van der Waals surface area contributed by atoms with E-state index in [0.717, 1.165) is 18.4 Å². The molecule has 5 nitrogen and oxygen atoms in total. The van der Waals surface area contributed by atoms with Crippen molar-refractivity contribution in [2.24, 2.45) is 0 Å². The minimum atomic E-state index is -3.29. The summed E-state index contributed by atoms with van der Waals surface area (Å²) in [4.78, 5) is 13.2. The molecule has 0 radical (unpaired) electrons. The third kappa shape index (κ3) is 4.94. The maximum Gasteiger partial charge on any atom is 0.290 e. The second kappa shape index (κ2) is 9.74. The highest BCUT2D eigenvalue weighted by atomic mass is 79.9. The van der Waals surface area contributed by atoms with Crippen molar-refractivity contribution in [2.75, 3.05) is 6.54 Å². The number of rotatable bonds is 6. The van der Waals surface area contributed by atoms with Crippen LogP contribution in [-0.4, -0.2) is 22.6 Å². The number of benzene rings is 2. The van der Waals surface area contributed by atoms with Gasteiger partial charge < -0.3 is 10.1 Å². The lowest BCUT2D eigenvalue weighted by atomic mass is 9.92. The summed E-state index contributed by atoms with van der Waals surface area (Å²) < 4.78 is 50.3. The van der Waals surface area contributed by atoms with Gasteiger partial charge >= 0.3 is 0 Å². The molecular weight excluding hydrogens is 511 g/mol. The fraction of sp³-hybridized carbons (Fsp3) is 0.320. The summed E-state index contributed by atoms with van der Waals surface area (Å²) >= 11 is 3.09. The van der Waals surface area contributed by atoms with Crippen molar-refractivity contribution in [3.63, 3.8) is 0 Å². The van der Waals surface area contributed by atoms with Crippen LogP contribution in [0.3, 0.4) is 0 Å². The zero-order chi connectivity index (χ0) is 24.5. The Balaban J connectivity index is 1.65. The smallest absolute Gasteiger partial charge is 0.290 e. The quantitative estimate of drug-likeness (QED) is 0.410. The SMILES string of the molecule is Cc1ccc(C(F)(F)CNC(=O)c2c(Oc3cccc(Br)c3F)nnc3c2CCCC3)c(C)c1. The summed E-state index contributed by atoms with van der Waals surface area (Å²) in [7, 11) is 0. The van der Waals surface area contributed by atoms with E-state index in [1.165, 1.54) is 18.2 Å². The lowest BCUT2D eigenvalue weighted by Crippen LogP contribution is -2.36. The number of hydrogen-bond acceptors (Lipinski definition) is 4.